The van der Waals surface area contributed by atoms with Crippen molar-refractivity contribution >= 4 is 10.4 Å². The number of aromatic hydroxyl groups is 1. The molecule has 0 heterocycles. The fourth-order valence-electron chi connectivity index (χ4n) is 1.95. The molecule has 22 heavy (non-hydrogen) atoms. The zero-order chi connectivity index (χ0) is 16.1. The van der Waals surface area contributed by atoms with Crippen molar-refractivity contribution in [3.05, 3.63) is 29.8 Å². The van der Waals surface area contributed by atoms with Crippen LogP contribution in [0.5, 0.6) is 5.75 Å². The van der Waals surface area contributed by atoms with Crippen LogP contribution in [-0.2, 0) is 16.8 Å². The van der Waals surface area contributed by atoms with Crippen LogP contribution in [0.15, 0.2) is 24.3 Å². The van der Waals surface area contributed by atoms with E-state index in [0.29, 0.717) is 5.75 Å². The number of rotatable bonds is 8. The van der Waals surface area contributed by atoms with Crippen LogP contribution in [0, 0.1) is 0 Å². The molecule has 0 spiro atoms. The molecule has 0 bridgehead atoms. The Morgan fingerprint density at radius 1 is 0.909 bits per heavy atom. The predicted molar refractivity (Wildman–Crippen MR) is 85.1 cm³/mol. The number of hydrogen-bond acceptors (Lipinski definition) is 3. The Bertz CT molecular complexity index is 457. The van der Waals surface area contributed by atoms with Crippen molar-refractivity contribution in [2.24, 2.45) is 0 Å². The SMILES string of the molecule is CCCCCCCCCc1ccc(O)cc1.O=S(=O)(O)O.[H-].[K+]. The van der Waals surface area contributed by atoms with E-state index in [9.17, 15) is 0 Å². The van der Waals surface area contributed by atoms with Gasteiger partial charge >= 0.3 is 61.8 Å². The Labute approximate surface area is 178 Å². The summed E-state index contributed by atoms with van der Waals surface area (Å²) >= 11 is 0. The molecule has 0 atom stereocenters. The molecule has 0 aliphatic heterocycles. The number of hydrogen-bond donors (Lipinski definition) is 3. The van der Waals surface area contributed by atoms with Crippen LogP contribution in [0.3, 0.4) is 0 Å². The number of unbranched alkanes of at least 4 members (excludes halogenated alkanes) is 6. The van der Waals surface area contributed by atoms with Gasteiger partial charge in [-0.2, -0.15) is 8.42 Å². The maximum Gasteiger partial charge on any atom is 1.00 e. The molecule has 3 N–H and O–H groups in total. The third kappa shape index (κ3) is 20.5. The van der Waals surface area contributed by atoms with E-state index in [0.717, 1.165) is 6.42 Å². The molecule has 0 saturated heterocycles. The largest absolute Gasteiger partial charge is 1.00 e. The summed E-state index contributed by atoms with van der Waals surface area (Å²) in [6.45, 7) is 2.25. The van der Waals surface area contributed by atoms with Crippen LogP contribution >= 0.6 is 0 Å². The van der Waals surface area contributed by atoms with Gasteiger partial charge in [0.25, 0.3) is 0 Å². The van der Waals surface area contributed by atoms with E-state index in [-0.39, 0.29) is 52.8 Å². The van der Waals surface area contributed by atoms with Crippen molar-refractivity contribution in [3.63, 3.8) is 0 Å². The normalized spacial score (nSPS) is 10.3. The van der Waals surface area contributed by atoms with Gasteiger partial charge < -0.3 is 6.53 Å². The smallest absolute Gasteiger partial charge is 1.00 e. The average Bonchev–Trinajstić information content (AvgIpc) is 2.38. The predicted octanol–water partition coefficient (Wildman–Crippen LogP) is 1.15. The molecule has 1 rings (SSSR count). The summed E-state index contributed by atoms with van der Waals surface area (Å²) in [6, 6.07) is 7.59. The molecule has 0 aliphatic rings. The van der Waals surface area contributed by atoms with E-state index in [1.54, 1.807) is 12.1 Å². The Kier molecular flexibility index (Phi) is 17.0. The first-order chi connectivity index (χ1) is 9.83. The van der Waals surface area contributed by atoms with E-state index in [1.165, 1.54) is 50.5 Å². The van der Waals surface area contributed by atoms with E-state index >= 15 is 0 Å². The molecule has 5 nitrogen and oxygen atoms in total. The number of phenols is 1. The van der Waals surface area contributed by atoms with Crippen molar-refractivity contribution in [2.75, 3.05) is 0 Å². The minimum atomic E-state index is -4.67. The monoisotopic (exact) mass is 358 g/mol. The van der Waals surface area contributed by atoms with Crippen molar-refractivity contribution in [1.29, 1.82) is 0 Å². The zero-order valence-corrected chi connectivity index (χ0v) is 17.5. The molecular weight excluding hydrogens is 331 g/mol. The van der Waals surface area contributed by atoms with Gasteiger partial charge in [0.15, 0.2) is 0 Å². The zero-order valence-electron chi connectivity index (χ0n) is 14.5. The number of aryl methyl sites for hydroxylation is 1. The minimum Gasteiger partial charge on any atom is -1.00 e. The van der Waals surface area contributed by atoms with Gasteiger partial charge in [0.2, 0.25) is 0 Å². The van der Waals surface area contributed by atoms with Crippen LogP contribution in [0.1, 0.15) is 58.9 Å². The standard InChI is InChI=1S/C15H24O.K.H2O4S.H/c1-2-3-4-5-6-7-8-9-14-10-12-15(16)13-11-14;;1-5(2,3)4;/h10-13,16H,2-9H2,1H3;;(H2,1,2,3,4);/q;+1;;-1. The molecule has 0 saturated carbocycles. The van der Waals surface area contributed by atoms with Gasteiger partial charge in [-0.3, -0.25) is 9.11 Å². The maximum absolute atomic E-state index is 9.15. The third-order valence-corrected chi connectivity index (χ3v) is 3.01. The fraction of sp³-hybridized carbons (Fsp3) is 0.600. The van der Waals surface area contributed by atoms with Crippen molar-refractivity contribution in [1.82, 2.24) is 0 Å². The van der Waals surface area contributed by atoms with Gasteiger partial charge in [-0.1, -0.05) is 57.6 Å². The van der Waals surface area contributed by atoms with Crippen molar-refractivity contribution in [3.8, 4) is 5.75 Å². The minimum absolute atomic E-state index is 0. The number of benzene rings is 1. The van der Waals surface area contributed by atoms with Gasteiger partial charge in [0.05, 0.1) is 0 Å². The Morgan fingerprint density at radius 2 is 1.32 bits per heavy atom. The van der Waals surface area contributed by atoms with Crippen LogP contribution in [0.25, 0.3) is 0 Å². The summed E-state index contributed by atoms with van der Waals surface area (Å²) < 4.78 is 31.6. The van der Waals surface area contributed by atoms with Crippen molar-refractivity contribution < 1.29 is 75.4 Å². The van der Waals surface area contributed by atoms with Crippen LogP contribution in [0.4, 0.5) is 0 Å². The fourth-order valence-corrected chi connectivity index (χ4v) is 1.95. The van der Waals surface area contributed by atoms with Gasteiger partial charge in [-0.25, -0.2) is 0 Å². The molecule has 0 fully saturated rings. The summed E-state index contributed by atoms with van der Waals surface area (Å²) in [4.78, 5) is 0. The van der Waals surface area contributed by atoms with E-state index in [2.05, 4.69) is 6.92 Å². The van der Waals surface area contributed by atoms with Gasteiger partial charge in [0.1, 0.15) is 5.75 Å². The van der Waals surface area contributed by atoms with E-state index in [4.69, 9.17) is 22.6 Å². The second-order valence-electron chi connectivity index (χ2n) is 4.99. The summed E-state index contributed by atoms with van der Waals surface area (Å²) in [5, 5.41) is 9.15. The molecule has 1 aromatic rings. The first-order valence-corrected chi connectivity index (χ1v) is 8.70. The molecule has 7 heteroatoms. The molecule has 0 aliphatic carbocycles. The molecule has 0 aromatic heterocycles. The maximum atomic E-state index is 9.15. The topological polar surface area (TPSA) is 94.8 Å². The van der Waals surface area contributed by atoms with Gasteiger partial charge in [0, 0.05) is 0 Å². The van der Waals surface area contributed by atoms with Gasteiger partial charge in [-0.05, 0) is 30.5 Å². The summed E-state index contributed by atoms with van der Waals surface area (Å²) in [7, 11) is -4.67. The van der Waals surface area contributed by atoms with Crippen LogP contribution < -0.4 is 51.4 Å². The molecular formula is C15H27KO5S. The first kappa shape index (κ1) is 24.8. The summed E-state index contributed by atoms with van der Waals surface area (Å²) in [5.74, 6) is 0.364. The molecule has 0 unspecified atom stereocenters. The quantitative estimate of drug-likeness (QED) is 0.368. The Hall–Kier alpha value is 0.526. The van der Waals surface area contributed by atoms with E-state index < -0.39 is 10.4 Å². The second kappa shape index (κ2) is 15.1. The van der Waals surface area contributed by atoms with Crippen molar-refractivity contribution in [2.45, 2.75) is 58.3 Å². The van der Waals surface area contributed by atoms with E-state index in [1.807, 2.05) is 12.1 Å². The molecule has 1 aromatic carbocycles. The second-order valence-corrected chi connectivity index (χ2v) is 5.88. The van der Waals surface area contributed by atoms with Crippen LogP contribution in [0.2, 0.25) is 0 Å². The average molecular weight is 359 g/mol. The molecule has 0 amide bonds. The molecule has 124 valence electrons. The summed E-state index contributed by atoms with van der Waals surface area (Å²) in [5.41, 5.74) is 1.34. The van der Waals surface area contributed by atoms with Gasteiger partial charge in [-0.15, -0.1) is 0 Å². The summed E-state index contributed by atoms with van der Waals surface area (Å²) in [6.07, 6.45) is 10.6. The third-order valence-electron chi connectivity index (χ3n) is 3.01. The van der Waals surface area contributed by atoms with Crippen LogP contribution in [-0.4, -0.2) is 22.6 Å². The number of phenolic OH excluding ortho intramolecular Hbond substituents is 1. The Balaban J connectivity index is -0.000000502. The first-order valence-electron chi connectivity index (χ1n) is 7.30. The molecule has 0 radical (unpaired) electrons. The Morgan fingerprint density at radius 3 is 1.77 bits per heavy atom.